The normalized spacial score (nSPS) is 12.6. The summed E-state index contributed by atoms with van der Waals surface area (Å²) in [7, 11) is 0. The van der Waals surface area contributed by atoms with E-state index < -0.39 is 0 Å². The first-order chi connectivity index (χ1) is 8.18. The fraction of sp³-hybridized carbons (Fsp3) is 0.231. The minimum atomic E-state index is -0.295. The zero-order valence-electron chi connectivity index (χ0n) is 9.41. The predicted molar refractivity (Wildman–Crippen MR) is 65.4 cm³/mol. The molecular formula is C13H13ClFNO. The Morgan fingerprint density at radius 3 is 2.82 bits per heavy atom. The lowest BCUT2D eigenvalue weighted by molar-refractivity contribution is 0.427. The Morgan fingerprint density at radius 1 is 1.35 bits per heavy atom. The molecule has 0 saturated carbocycles. The Hall–Kier alpha value is -1.32. The van der Waals surface area contributed by atoms with Crippen LogP contribution in [0.5, 0.6) is 0 Å². The lowest BCUT2D eigenvalue weighted by Gasteiger charge is -2.12. The molecular weight excluding hydrogens is 241 g/mol. The minimum absolute atomic E-state index is 0.0145. The van der Waals surface area contributed by atoms with Crippen LogP contribution in [0.4, 0.5) is 4.39 Å². The predicted octanol–water partition coefficient (Wildman–Crippen LogP) is 3.92. The van der Waals surface area contributed by atoms with Gasteiger partial charge in [-0.05, 0) is 31.2 Å². The van der Waals surface area contributed by atoms with Crippen LogP contribution in [0.3, 0.4) is 0 Å². The zero-order chi connectivity index (χ0) is 12.3. The van der Waals surface area contributed by atoms with Gasteiger partial charge in [0.05, 0.1) is 12.3 Å². The zero-order valence-corrected chi connectivity index (χ0v) is 10.2. The molecule has 0 amide bonds. The lowest BCUT2D eigenvalue weighted by Crippen LogP contribution is -2.18. The van der Waals surface area contributed by atoms with E-state index in [0.717, 1.165) is 5.76 Å². The molecule has 17 heavy (non-hydrogen) atoms. The van der Waals surface area contributed by atoms with Crippen LogP contribution in [0.2, 0.25) is 5.02 Å². The molecule has 90 valence electrons. The Balaban J connectivity index is 2.03. The van der Waals surface area contributed by atoms with E-state index in [-0.39, 0.29) is 11.9 Å². The van der Waals surface area contributed by atoms with Crippen LogP contribution in [-0.4, -0.2) is 0 Å². The summed E-state index contributed by atoms with van der Waals surface area (Å²) in [5.41, 5.74) is 0.479. The van der Waals surface area contributed by atoms with E-state index in [1.165, 1.54) is 6.07 Å². The number of furan rings is 1. The van der Waals surface area contributed by atoms with E-state index in [1.807, 2.05) is 19.1 Å². The van der Waals surface area contributed by atoms with Crippen molar-refractivity contribution in [2.24, 2.45) is 0 Å². The highest BCUT2D eigenvalue weighted by molar-refractivity contribution is 6.31. The van der Waals surface area contributed by atoms with Gasteiger partial charge in [-0.2, -0.15) is 0 Å². The van der Waals surface area contributed by atoms with Gasteiger partial charge in [-0.15, -0.1) is 0 Å². The van der Waals surface area contributed by atoms with E-state index >= 15 is 0 Å². The molecule has 0 bridgehead atoms. The van der Waals surface area contributed by atoms with Crippen molar-refractivity contribution in [3.63, 3.8) is 0 Å². The number of hydrogen-bond acceptors (Lipinski definition) is 2. The highest BCUT2D eigenvalue weighted by atomic mass is 35.5. The molecule has 1 N–H and O–H groups in total. The van der Waals surface area contributed by atoms with Gasteiger partial charge in [0.15, 0.2) is 0 Å². The van der Waals surface area contributed by atoms with E-state index in [1.54, 1.807) is 18.4 Å². The van der Waals surface area contributed by atoms with Gasteiger partial charge in [0.1, 0.15) is 11.6 Å². The van der Waals surface area contributed by atoms with Crippen molar-refractivity contribution in [1.29, 1.82) is 0 Å². The third-order valence-corrected chi connectivity index (χ3v) is 2.97. The highest BCUT2D eigenvalue weighted by Crippen LogP contribution is 2.20. The summed E-state index contributed by atoms with van der Waals surface area (Å²) in [6.45, 7) is 2.32. The quantitative estimate of drug-likeness (QED) is 0.893. The second-order valence-electron chi connectivity index (χ2n) is 3.82. The van der Waals surface area contributed by atoms with Gasteiger partial charge in [-0.25, -0.2) is 4.39 Å². The second-order valence-corrected chi connectivity index (χ2v) is 4.23. The van der Waals surface area contributed by atoms with Gasteiger partial charge >= 0.3 is 0 Å². The van der Waals surface area contributed by atoms with Crippen LogP contribution in [0.1, 0.15) is 24.3 Å². The molecule has 2 nitrogen and oxygen atoms in total. The van der Waals surface area contributed by atoms with Gasteiger partial charge < -0.3 is 9.73 Å². The molecule has 1 atom stereocenters. The lowest BCUT2D eigenvalue weighted by atomic mass is 10.2. The molecule has 0 fully saturated rings. The van der Waals surface area contributed by atoms with Crippen molar-refractivity contribution >= 4 is 11.6 Å². The maximum atomic E-state index is 13.5. The smallest absolute Gasteiger partial charge is 0.129 e. The van der Waals surface area contributed by atoms with E-state index in [4.69, 9.17) is 16.0 Å². The summed E-state index contributed by atoms with van der Waals surface area (Å²) in [6, 6.07) is 8.39. The Labute approximate surface area is 104 Å². The molecule has 4 heteroatoms. The number of benzene rings is 1. The second kappa shape index (κ2) is 5.34. The Kier molecular flexibility index (Phi) is 3.82. The first-order valence-corrected chi connectivity index (χ1v) is 5.76. The van der Waals surface area contributed by atoms with Crippen LogP contribution in [0, 0.1) is 5.82 Å². The first-order valence-electron chi connectivity index (χ1n) is 5.38. The molecule has 0 radical (unpaired) electrons. The largest absolute Gasteiger partial charge is 0.468 e. The summed E-state index contributed by atoms with van der Waals surface area (Å²) in [5, 5.41) is 3.60. The van der Waals surface area contributed by atoms with Crippen molar-refractivity contribution in [2.45, 2.75) is 19.5 Å². The van der Waals surface area contributed by atoms with Crippen LogP contribution in [0.15, 0.2) is 41.0 Å². The summed E-state index contributed by atoms with van der Waals surface area (Å²) >= 11 is 5.93. The van der Waals surface area contributed by atoms with Gasteiger partial charge in [-0.1, -0.05) is 17.7 Å². The molecule has 2 aromatic rings. The molecule has 0 aliphatic carbocycles. The molecule has 1 aromatic heterocycles. The molecule has 0 unspecified atom stereocenters. The topological polar surface area (TPSA) is 25.2 Å². The Morgan fingerprint density at radius 2 is 2.18 bits per heavy atom. The SMILES string of the molecule is C[C@H](NCc1c(F)cccc1Cl)c1ccco1. The monoisotopic (exact) mass is 253 g/mol. The fourth-order valence-electron chi connectivity index (χ4n) is 1.59. The number of nitrogens with one attached hydrogen (secondary N) is 1. The number of rotatable bonds is 4. The highest BCUT2D eigenvalue weighted by Gasteiger charge is 2.11. The molecule has 1 aromatic carbocycles. The molecule has 0 spiro atoms. The maximum absolute atomic E-state index is 13.5. The van der Waals surface area contributed by atoms with E-state index in [9.17, 15) is 4.39 Å². The van der Waals surface area contributed by atoms with Crippen molar-refractivity contribution in [3.8, 4) is 0 Å². The molecule has 1 heterocycles. The Bertz CT molecular complexity index is 464. The van der Waals surface area contributed by atoms with Gasteiger partial charge in [0.25, 0.3) is 0 Å². The third-order valence-electron chi connectivity index (χ3n) is 2.62. The molecule has 0 aliphatic heterocycles. The summed E-state index contributed by atoms with van der Waals surface area (Å²) in [5.74, 6) is 0.522. The summed E-state index contributed by atoms with van der Waals surface area (Å²) in [6.07, 6.45) is 1.61. The number of halogens is 2. The van der Waals surface area contributed by atoms with Gasteiger partial charge in [0.2, 0.25) is 0 Å². The van der Waals surface area contributed by atoms with E-state index in [2.05, 4.69) is 5.32 Å². The van der Waals surface area contributed by atoms with Crippen molar-refractivity contribution in [1.82, 2.24) is 5.32 Å². The fourth-order valence-corrected chi connectivity index (χ4v) is 1.82. The average Bonchev–Trinajstić information content (AvgIpc) is 2.81. The van der Waals surface area contributed by atoms with Crippen molar-refractivity contribution < 1.29 is 8.81 Å². The van der Waals surface area contributed by atoms with Gasteiger partial charge in [0, 0.05) is 17.1 Å². The molecule has 0 saturated heterocycles. The third kappa shape index (κ3) is 2.87. The van der Waals surface area contributed by atoms with E-state index in [0.29, 0.717) is 17.1 Å². The standard InChI is InChI=1S/C13H13ClFNO/c1-9(13-6-3-7-17-13)16-8-10-11(14)4-2-5-12(10)15/h2-7,9,16H,8H2,1H3/t9-/m0/s1. The summed E-state index contributed by atoms with van der Waals surface area (Å²) < 4.78 is 18.8. The molecule has 2 rings (SSSR count). The average molecular weight is 254 g/mol. The first kappa shape index (κ1) is 12.1. The minimum Gasteiger partial charge on any atom is -0.468 e. The number of hydrogen-bond donors (Lipinski definition) is 1. The van der Waals surface area contributed by atoms with Crippen molar-refractivity contribution in [3.05, 3.63) is 58.8 Å². The van der Waals surface area contributed by atoms with Gasteiger partial charge in [-0.3, -0.25) is 0 Å². The van der Waals surface area contributed by atoms with Crippen LogP contribution in [0.25, 0.3) is 0 Å². The van der Waals surface area contributed by atoms with Crippen LogP contribution < -0.4 is 5.32 Å². The van der Waals surface area contributed by atoms with Crippen LogP contribution >= 0.6 is 11.6 Å². The molecule has 0 aliphatic rings. The summed E-state index contributed by atoms with van der Waals surface area (Å²) in [4.78, 5) is 0. The van der Waals surface area contributed by atoms with Crippen LogP contribution in [-0.2, 0) is 6.54 Å². The van der Waals surface area contributed by atoms with Crippen molar-refractivity contribution in [2.75, 3.05) is 0 Å². The maximum Gasteiger partial charge on any atom is 0.129 e.